The highest BCUT2D eigenvalue weighted by molar-refractivity contribution is 6.34. The number of rotatable bonds is 2. The average molecular weight is 211 g/mol. The summed E-state index contributed by atoms with van der Waals surface area (Å²) in [7, 11) is 0. The monoisotopic (exact) mass is 210 g/mol. The van der Waals surface area contributed by atoms with E-state index in [1.165, 1.54) is 5.69 Å². The van der Waals surface area contributed by atoms with Crippen LogP contribution in [0, 0.1) is 0 Å². The molecule has 0 spiro atoms. The van der Waals surface area contributed by atoms with Crippen molar-refractivity contribution in [2.24, 2.45) is 0 Å². The summed E-state index contributed by atoms with van der Waals surface area (Å²) in [5, 5.41) is 4.22. The number of halogens is 1. The summed E-state index contributed by atoms with van der Waals surface area (Å²) in [4.78, 5) is 2.36. The second-order valence-corrected chi connectivity index (χ2v) is 3.96. The van der Waals surface area contributed by atoms with Gasteiger partial charge in [-0.05, 0) is 18.6 Å². The van der Waals surface area contributed by atoms with Crippen LogP contribution in [0.5, 0.6) is 0 Å². The van der Waals surface area contributed by atoms with Crippen molar-refractivity contribution in [3.63, 3.8) is 0 Å². The zero-order valence-electron chi connectivity index (χ0n) is 8.39. The van der Waals surface area contributed by atoms with Gasteiger partial charge in [0, 0.05) is 19.6 Å². The summed E-state index contributed by atoms with van der Waals surface area (Å²) in [6.07, 6.45) is 1.16. The molecule has 0 atom stereocenters. The van der Waals surface area contributed by atoms with Crippen molar-refractivity contribution in [3.05, 3.63) is 23.2 Å². The summed E-state index contributed by atoms with van der Waals surface area (Å²) >= 11 is 6.19. The van der Waals surface area contributed by atoms with Crippen LogP contribution in [0.2, 0.25) is 5.02 Å². The first-order chi connectivity index (χ1) is 6.83. The quantitative estimate of drug-likeness (QED) is 0.808. The van der Waals surface area contributed by atoms with Gasteiger partial charge in [-0.25, -0.2) is 0 Å². The standard InChI is InChI=1S/C11H15ClN2/c1-2-7-14-8-6-13-10-5-3-4-9(12)11(10)14/h3-5,13H,2,6-8H2,1H3. The number of anilines is 2. The molecule has 0 unspecified atom stereocenters. The van der Waals surface area contributed by atoms with Crippen LogP contribution < -0.4 is 10.2 Å². The number of hydrogen-bond acceptors (Lipinski definition) is 2. The Morgan fingerprint density at radius 2 is 2.36 bits per heavy atom. The molecular formula is C11H15ClN2. The number of nitrogens with one attached hydrogen (secondary N) is 1. The fourth-order valence-electron chi connectivity index (χ4n) is 1.91. The van der Waals surface area contributed by atoms with Crippen molar-refractivity contribution in [2.45, 2.75) is 13.3 Å². The van der Waals surface area contributed by atoms with Crippen LogP contribution in [0.4, 0.5) is 11.4 Å². The highest BCUT2D eigenvalue weighted by Gasteiger charge is 2.17. The molecule has 3 heteroatoms. The van der Waals surface area contributed by atoms with E-state index in [0.717, 1.165) is 36.8 Å². The first kappa shape index (κ1) is 9.66. The number of para-hydroxylation sites is 1. The highest BCUT2D eigenvalue weighted by Crippen LogP contribution is 2.35. The lowest BCUT2D eigenvalue weighted by molar-refractivity contribution is 0.760. The van der Waals surface area contributed by atoms with Gasteiger partial charge in [0.1, 0.15) is 0 Å². The Bertz CT molecular complexity index is 325. The SMILES string of the molecule is CCCN1CCNc2cccc(Cl)c21. The predicted octanol–water partition coefficient (Wildman–Crippen LogP) is 2.98. The highest BCUT2D eigenvalue weighted by atomic mass is 35.5. The first-order valence-corrected chi connectivity index (χ1v) is 5.48. The molecule has 0 amide bonds. The van der Waals surface area contributed by atoms with Gasteiger partial charge in [-0.3, -0.25) is 0 Å². The lowest BCUT2D eigenvalue weighted by atomic mass is 10.2. The van der Waals surface area contributed by atoms with Gasteiger partial charge in [0.05, 0.1) is 16.4 Å². The van der Waals surface area contributed by atoms with Crippen molar-refractivity contribution in [3.8, 4) is 0 Å². The van der Waals surface area contributed by atoms with Crippen molar-refractivity contribution in [2.75, 3.05) is 29.9 Å². The maximum atomic E-state index is 6.19. The fraction of sp³-hybridized carbons (Fsp3) is 0.455. The molecular weight excluding hydrogens is 196 g/mol. The molecule has 76 valence electrons. The predicted molar refractivity (Wildman–Crippen MR) is 62.4 cm³/mol. The Labute approximate surface area is 89.9 Å². The van der Waals surface area contributed by atoms with E-state index in [1.54, 1.807) is 0 Å². The summed E-state index contributed by atoms with van der Waals surface area (Å²) in [5.74, 6) is 0. The molecule has 1 aromatic rings. The van der Waals surface area contributed by atoms with Crippen LogP contribution in [0.3, 0.4) is 0 Å². The second-order valence-electron chi connectivity index (χ2n) is 3.55. The van der Waals surface area contributed by atoms with Crippen LogP contribution >= 0.6 is 11.6 Å². The molecule has 2 nitrogen and oxygen atoms in total. The Morgan fingerprint density at radius 1 is 1.50 bits per heavy atom. The molecule has 0 saturated carbocycles. The molecule has 1 aliphatic rings. The topological polar surface area (TPSA) is 15.3 Å². The molecule has 0 bridgehead atoms. The van der Waals surface area contributed by atoms with Crippen LogP contribution in [0.15, 0.2) is 18.2 Å². The molecule has 14 heavy (non-hydrogen) atoms. The minimum Gasteiger partial charge on any atom is -0.382 e. The van der Waals surface area contributed by atoms with Crippen LogP contribution in [-0.2, 0) is 0 Å². The van der Waals surface area contributed by atoms with Gasteiger partial charge in [0.2, 0.25) is 0 Å². The Balaban J connectivity index is 2.36. The summed E-state index contributed by atoms with van der Waals surface area (Å²) < 4.78 is 0. The zero-order valence-corrected chi connectivity index (χ0v) is 9.14. The normalized spacial score (nSPS) is 14.9. The second kappa shape index (κ2) is 4.09. The smallest absolute Gasteiger partial charge is 0.0791 e. The molecule has 1 N–H and O–H groups in total. The largest absolute Gasteiger partial charge is 0.382 e. The molecule has 0 aliphatic carbocycles. The third-order valence-corrected chi connectivity index (χ3v) is 2.80. The van der Waals surface area contributed by atoms with E-state index in [0.29, 0.717) is 0 Å². The lowest BCUT2D eigenvalue weighted by Crippen LogP contribution is -2.34. The average Bonchev–Trinajstić information content (AvgIpc) is 2.19. The Kier molecular flexibility index (Phi) is 2.82. The molecule has 0 radical (unpaired) electrons. The van der Waals surface area contributed by atoms with E-state index in [2.05, 4.69) is 23.2 Å². The van der Waals surface area contributed by atoms with Gasteiger partial charge >= 0.3 is 0 Å². The summed E-state index contributed by atoms with van der Waals surface area (Å²) in [6, 6.07) is 6.03. The molecule has 1 heterocycles. The van der Waals surface area contributed by atoms with E-state index in [-0.39, 0.29) is 0 Å². The van der Waals surface area contributed by atoms with E-state index >= 15 is 0 Å². The maximum absolute atomic E-state index is 6.19. The summed E-state index contributed by atoms with van der Waals surface area (Å²) in [5.41, 5.74) is 2.33. The van der Waals surface area contributed by atoms with Gasteiger partial charge in [-0.1, -0.05) is 24.6 Å². The maximum Gasteiger partial charge on any atom is 0.0791 e. The molecule has 0 fully saturated rings. The fourth-order valence-corrected chi connectivity index (χ4v) is 2.20. The molecule has 1 aromatic carbocycles. The molecule has 2 rings (SSSR count). The minimum atomic E-state index is 0.850. The zero-order chi connectivity index (χ0) is 9.97. The van der Waals surface area contributed by atoms with E-state index in [9.17, 15) is 0 Å². The third-order valence-electron chi connectivity index (χ3n) is 2.49. The minimum absolute atomic E-state index is 0.850. The van der Waals surface area contributed by atoms with E-state index < -0.39 is 0 Å². The molecule has 0 saturated heterocycles. The van der Waals surface area contributed by atoms with Crippen LogP contribution in [-0.4, -0.2) is 19.6 Å². The van der Waals surface area contributed by atoms with Crippen molar-refractivity contribution in [1.29, 1.82) is 0 Å². The van der Waals surface area contributed by atoms with E-state index in [1.807, 2.05) is 12.1 Å². The lowest BCUT2D eigenvalue weighted by Gasteiger charge is -2.32. The number of benzene rings is 1. The van der Waals surface area contributed by atoms with Gasteiger partial charge in [-0.15, -0.1) is 0 Å². The van der Waals surface area contributed by atoms with Gasteiger partial charge in [0.25, 0.3) is 0 Å². The van der Waals surface area contributed by atoms with Gasteiger partial charge in [-0.2, -0.15) is 0 Å². The van der Waals surface area contributed by atoms with E-state index in [4.69, 9.17) is 11.6 Å². The Hall–Kier alpha value is -0.890. The van der Waals surface area contributed by atoms with Crippen LogP contribution in [0.25, 0.3) is 0 Å². The van der Waals surface area contributed by atoms with Gasteiger partial charge < -0.3 is 10.2 Å². The van der Waals surface area contributed by atoms with Crippen molar-refractivity contribution >= 4 is 23.0 Å². The number of hydrogen-bond donors (Lipinski definition) is 1. The Morgan fingerprint density at radius 3 is 3.14 bits per heavy atom. The number of nitrogens with zero attached hydrogens (tertiary/aromatic N) is 1. The summed E-state index contributed by atoms with van der Waals surface area (Å²) in [6.45, 7) is 5.33. The number of fused-ring (bicyclic) bond motifs is 1. The molecule has 1 aliphatic heterocycles. The van der Waals surface area contributed by atoms with Crippen molar-refractivity contribution in [1.82, 2.24) is 0 Å². The van der Waals surface area contributed by atoms with Crippen molar-refractivity contribution < 1.29 is 0 Å². The molecule has 0 aromatic heterocycles. The third kappa shape index (κ3) is 1.67. The first-order valence-electron chi connectivity index (χ1n) is 5.10. The van der Waals surface area contributed by atoms with Crippen LogP contribution in [0.1, 0.15) is 13.3 Å². The van der Waals surface area contributed by atoms with Gasteiger partial charge in [0.15, 0.2) is 0 Å².